The van der Waals surface area contributed by atoms with Crippen LogP contribution in [0.25, 0.3) is 0 Å². The van der Waals surface area contributed by atoms with Crippen LogP contribution in [0, 0.1) is 0 Å². The first-order valence-electron chi connectivity index (χ1n) is 13.0. The first kappa shape index (κ1) is 27.2. The van der Waals surface area contributed by atoms with Crippen LogP contribution in [0.4, 0.5) is 0 Å². The van der Waals surface area contributed by atoms with Crippen molar-refractivity contribution in [2.75, 3.05) is 27.4 Å². The molecule has 3 aromatic rings. The Hall–Kier alpha value is -3.84. The molecular formula is C31H36N2O5. The van der Waals surface area contributed by atoms with Gasteiger partial charge in [-0.25, -0.2) is 0 Å². The maximum absolute atomic E-state index is 13.9. The molecule has 1 fully saturated rings. The van der Waals surface area contributed by atoms with E-state index in [-0.39, 0.29) is 24.3 Å². The van der Waals surface area contributed by atoms with Gasteiger partial charge in [-0.2, -0.15) is 0 Å². The molecule has 0 bridgehead atoms. The van der Waals surface area contributed by atoms with Crippen molar-refractivity contribution >= 4 is 11.8 Å². The minimum atomic E-state index is -0.688. The SMILES string of the molecule is COc1ccc(CC(=O)N(Cc2ccccc2)[C@H](Cc2ccccc2)C(=O)NC[C@H]2CCCO2)cc1OC. The fraction of sp³-hybridized carbons (Fsp3) is 0.355. The molecule has 1 saturated heterocycles. The number of carbonyl (C=O) groups excluding carboxylic acids is 2. The third-order valence-electron chi connectivity index (χ3n) is 6.80. The third kappa shape index (κ3) is 7.35. The van der Waals surface area contributed by atoms with Crippen LogP contribution in [0.15, 0.2) is 78.9 Å². The second-order valence-corrected chi connectivity index (χ2v) is 9.46. The molecule has 0 spiro atoms. The zero-order valence-corrected chi connectivity index (χ0v) is 22.1. The average Bonchev–Trinajstić information content (AvgIpc) is 3.48. The molecule has 38 heavy (non-hydrogen) atoms. The number of hydrogen-bond acceptors (Lipinski definition) is 5. The molecule has 2 amide bonds. The summed E-state index contributed by atoms with van der Waals surface area (Å²) < 4.78 is 16.5. The van der Waals surface area contributed by atoms with Gasteiger partial charge in [0.15, 0.2) is 11.5 Å². The first-order valence-corrected chi connectivity index (χ1v) is 13.0. The molecule has 1 aliphatic heterocycles. The molecular weight excluding hydrogens is 480 g/mol. The highest BCUT2D eigenvalue weighted by atomic mass is 16.5. The fourth-order valence-corrected chi connectivity index (χ4v) is 4.74. The minimum Gasteiger partial charge on any atom is -0.493 e. The first-order chi connectivity index (χ1) is 18.6. The van der Waals surface area contributed by atoms with Crippen molar-refractivity contribution < 1.29 is 23.8 Å². The monoisotopic (exact) mass is 516 g/mol. The summed E-state index contributed by atoms with van der Waals surface area (Å²) in [5.74, 6) is 0.832. The Morgan fingerprint density at radius 3 is 2.24 bits per heavy atom. The lowest BCUT2D eigenvalue weighted by molar-refractivity contribution is -0.141. The van der Waals surface area contributed by atoms with Crippen molar-refractivity contribution in [1.29, 1.82) is 0 Å². The second-order valence-electron chi connectivity index (χ2n) is 9.46. The highest BCUT2D eigenvalue weighted by Crippen LogP contribution is 2.28. The molecule has 2 atom stereocenters. The summed E-state index contributed by atoms with van der Waals surface area (Å²) >= 11 is 0. The van der Waals surface area contributed by atoms with Gasteiger partial charge in [0.1, 0.15) is 6.04 Å². The number of nitrogens with zero attached hydrogens (tertiary/aromatic N) is 1. The van der Waals surface area contributed by atoms with Crippen LogP contribution in [-0.2, 0) is 33.7 Å². The average molecular weight is 517 g/mol. The van der Waals surface area contributed by atoms with Gasteiger partial charge < -0.3 is 24.4 Å². The molecule has 0 unspecified atom stereocenters. The summed E-state index contributed by atoms with van der Waals surface area (Å²) in [6.07, 6.45) is 2.47. The van der Waals surface area contributed by atoms with Gasteiger partial charge in [-0.05, 0) is 41.7 Å². The van der Waals surface area contributed by atoms with Crippen molar-refractivity contribution in [2.45, 2.75) is 44.4 Å². The number of benzene rings is 3. The Bertz CT molecular complexity index is 1180. The number of methoxy groups -OCH3 is 2. The van der Waals surface area contributed by atoms with E-state index >= 15 is 0 Å². The summed E-state index contributed by atoms with van der Waals surface area (Å²) in [5.41, 5.74) is 2.73. The smallest absolute Gasteiger partial charge is 0.243 e. The van der Waals surface area contributed by atoms with Crippen molar-refractivity contribution in [3.05, 3.63) is 95.6 Å². The minimum absolute atomic E-state index is 0.0152. The van der Waals surface area contributed by atoms with E-state index in [2.05, 4.69) is 5.32 Å². The van der Waals surface area contributed by atoms with E-state index in [4.69, 9.17) is 14.2 Å². The molecule has 1 aliphatic rings. The van der Waals surface area contributed by atoms with Gasteiger partial charge in [-0.15, -0.1) is 0 Å². The lowest BCUT2D eigenvalue weighted by Gasteiger charge is -2.32. The lowest BCUT2D eigenvalue weighted by Crippen LogP contribution is -2.52. The van der Waals surface area contributed by atoms with Gasteiger partial charge >= 0.3 is 0 Å². The predicted octanol–water partition coefficient (Wildman–Crippen LogP) is 4.18. The van der Waals surface area contributed by atoms with Crippen LogP contribution in [0.1, 0.15) is 29.5 Å². The molecule has 4 rings (SSSR count). The summed E-state index contributed by atoms with van der Waals surface area (Å²) in [7, 11) is 3.15. The van der Waals surface area contributed by atoms with Gasteiger partial charge in [0, 0.05) is 26.1 Å². The Kier molecular flexibility index (Phi) is 9.76. The molecule has 0 aromatic heterocycles. The largest absolute Gasteiger partial charge is 0.493 e. The quantitative estimate of drug-likeness (QED) is 0.391. The Balaban J connectivity index is 1.62. The van der Waals surface area contributed by atoms with E-state index in [1.807, 2.05) is 66.7 Å². The predicted molar refractivity (Wildman–Crippen MR) is 146 cm³/mol. The maximum atomic E-state index is 13.9. The van der Waals surface area contributed by atoms with Crippen LogP contribution >= 0.6 is 0 Å². The van der Waals surface area contributed by atoms with Gasteiger partial charge in [-0.3, -0.25) is 9.59 Å². The standard InChI is InChI=1S/C31H36N2O5/c1-36-28-16-15-25(19-29(28)37-2)20-30(34)33(22-24-12-7-4-8-13-24)27(18-23-10-5-3-6-11-23)31(35)32-21-26-14-9-17-38-26/h3-8,10-13,15-16,19,26-27H,9,14,17-18,20-22H2,1-2H3,(H,32,35)/t26-,27-/m1/s1. The van der Waals surface area contributed by atoms with Crippen molar-refractivity contribution in [3.63, 3.8) is 0 Å². The molecule has 3 aromatic carbocycles. The molecule has 7 nitrogen and oxygen atoms in total. The summed E-state index contributed by atoms with van der Waals surface area (Å²) in [6, 6.07) is 24.3. The Morgan fingerprint density at radius 1 is 0.921 bits per heavy atom. The summed E-state index contributed by atoms with van der Waals surface area (Å²) in [6.45, 7) is 1.48. The Labute approximate surface area is 224 Å². The zero-order chi connectivity index (χ0) is 26.7. The van der Waals surface area contributed by atoms with Crippen LogP contribution in [-0.4, -0.2) is 56.2 Å². The molecule has 0 aliphatic carbocycles. The molecule has 1 N–H and O–H groups in total. The summed E-state index contributed by atoms with van der Waals surface area (Å²) in [5, 5.41) is 3.07. The molecule has 0 radical (unpaired) electrons. The van der Waals surface area contributed by atoms with E-state index < -0.39 is 6.04 Å². The maximum Gasteiger partial charge on any atom is 0.243 e. The van der Waals surface area contributed by atoms with E-state index in [9.17, 15) is 9.59 Å². The molecule has 200 valence electrons. The number of ether oxygens (including phenoxy) is 3. The number of nitrogens with one attached hydrogen (secondary N) is 1. The highest BCUT2D eigenvalue weighted by Gasteiger charge is 2.31. The van der Waals surface area contributed by atoms with Gasteiger partial charge in [0.05, 0.1) is 26.7 Å². The van der Waals surface area contributed by atoms with Crippen LogP contribution in [0.2, 0.25) is 0 Å². The molecule has 1 heterocycles. The molecule has 7 heteroatoms. The topological polar surface area (TPSA) is 77.1 Å². The van der Waals surface area contributed by atoms with Gasteiger partial charge in [0.2, 0.25) is 11.8 Å². The second kappa shape index (κ2) is 13.6. The van der Waals surface area contributed by atoms with Crippen LogP contribution in [0.3, 0.4) is 0 Å². The number of carbonyl (C=O) groups is 2. The fourth-order valence-electron chi connectivity index (χ4n) is 4.74. The summed E-state index contributed by atoms with van der Waals surface area (Å²) in [4.78, 5) is 29.3. The number of hydrogen-bond donors (Lipinski definition) is 1. The third-order valence-corrected chi connectivity index (χ3v) is 6.80. The van der Waals surface area contributed by atoms with Crippen molar-refractivity contribution in [3.8, 4) is 11.5 Å². The molecule has 0 saturated carbocycles. The number of amides is 2. The number of rotatable bonds is 12. The van der Waals surface area contributed by atoms with Crippen molar-refractivity contribution in [2.24, 2.45) is 0 Å². The zero-order valence-electron chi connectivity index (χ0n) is 22.1. The van der Waals surface area contributed by atoms with E-state index in [0.717, 1.165) is 36.1 Å². The van der Waals surface area contributed by atoms with Crippen LogP contribution in [0.5, 0.6) is 11.5 Å². The van der Waals surface area contributed by atoms with E-state index in [1.54, 1.807) is 31.3 Å². The van der Waals surface area contributed by atoms with Crippen LogP contribution < -0.4 is 14.8 Å². The van der Waals surface area contributed by atoms with Gasteiger partial charge in [-0.1, -0.05) is 66.7 Å². The van der Waals surface area contributed by atoms with Crippen molar-refractivity contribution in [1.82, 2.24) is 10.2 Å². The van der Waals surface area contributed by atoms with Gasteiger partial charge in [0.25, 0.3) is 0 Å². The Morgan fingerprint density at radius 2 is 1.61 bits per heavy atom. The lowest BCUT2D eigenvalue weighted by atomic mass is 10.0. The highest BCUT2D eigenvalue weighted by molar-refractivity contribution is 5.89. The normalized spacial score (nSPS) is 15.5. The van der Waals surface area contributed by atoms with E-state index in [0.29, 0.717) is 31.0 Å². The van der Waals surface area contributed by atoms with E-state index in [1.165, 1.54) is 0 Å².